The Hall–Kier alpha value is -1.04. The molecule has 0 bridgehead atoms. The van der Waals surface area contributed by atoms with Gasteiger partial charge in [-0.2, -0.15) is 0 Å². The van der Waals surface area contributed by atoms with Crippen LogP contribution in [0.1, 0.15) is 20.3 Å². The zero-order valence-electron chi connectivity index (χ0n) is 9.86. The van der Waals surface area contributed by atoms with Gasteiger partial charge >= 0.3 is 6.03 Å². The lowest BCUT2D eigenvalue weighted by Crippen LogP contribution is -2.42. The summed E-state index contributed by atoms with van der Waals surface area (Å²) in [4.78, 5) is 13.1. The predicted molar refractivity (Wildman–Crippen MR) is 62.8 cm³/mol. The Balaban J connectivity index is 2.55. The van der Waals surface area contributed by atoms with Crippen LogP contribution < -0.4 is 5.32 Å². The van der Waals surface area contributed by atoms with Gasteiger partial charge in [-0.3, -0.25) is 0 Å². The molecule has 1 rings (SSSR count). The van der Waals surface area contributed by atoms with E-state index < -0.39 is 9.84 Å². The number of hydrogen-bond donors (Lipinski definition) is 1. The summed E-state index contributed by atoms with van der Waals surface area (Å²) in [5.41, 5.74) is 0.987. The minimum Gasteiger partial charge on any atom is -0.324 e. The average molecular weight is 246 g/mol. The highest BCUT2D eigenvalue weighted by atomic mass is 32.2. The number of amides is 2. The number of carbonyl (C=O) groups excluding carboxylic acids is 1. The SMILES string of the molecule is CC(C)=CNC(=O)N(C)C1CCS(=O)(=O)C1. The Morgan fingerprint density at radius 2 is 2.06 bits per heavy atom. The topological polar surface area (TPSA) is 66.5 Å². The van der Waals surface area contributed by atoms with E-state index in [1.807, 2.05) is 13.8 Å². The molecule has 16 heavy (non-hydrogen) atoms. The van der Waals surface area contributed by atoms with Crippen molar-refractivity contribution < 1.29 is 13.2 Å². The number of allylic oxidation sites excluding steroid dienone is 1. The molecule has 0 aliphatic carbocycles. The smallest absolute Gasteiger partial charge is 0.321 e. The molecule has 0 saturated carbocycles. The first-order valence-corrected chi connectivity index (χ1v) is 7.01. The molecule has 1 atom stereocenters. The fourth-order valence-corrected chi connectivity index (χ4v) is 3.33. The Kier molecular flexibility index (Phi) is 3.96. The Morgan fingerprint density at radius 3 is 2.50 bits per heavy atom. The molecule has 1 aliphatic rings. The van der Waals surface area contributed by atoms with Gasteiger partial charge in [0.15, 0.2) is 9.84 Å². The number of rotatable bonds is 2. The van der Waals surface area contributed by atoms with Crippen molar-refractivity contribution in [1.29, 1.82) is 0 Å². The van der Waals surface area contributed by atoms with Crippen LogP contribution in [0.15, 0.2) is 11.8 Å². The molecule has 1 fully saturated rings. The van der Waals surface area contributed by atoms with Gasteiger partial charge in [0, 0.05) is 19.3 Å². The van der Waals surface area contributed by atoms with Gasteiger partial charge in [-0.1, -0.05) is 5.57 Å². The lowest BCUT2D eigenvalue weighted by molar-refractivity contribution is 0.199. The van der Waals surface area contributed by atoms with E-state index >= 15 is 0 Å². The van der Waals surface area contributed by atoms with Gasteiger partial charge in [-0.25, -0.2) is 13.2 Å². The second-order valence-corrected chi connectivity index (χ2v) is 6.57. The number of sulfone groups is 1. The number of carbonyl (C=O) groups is 1. The maximum atomic E-state index is 11.6. The molecule has 6 heteroatoms. The molecular weight excluding hydrogens is 228 g/mol. The minimum absolute atomic E-state index is 0.0751. The summed E-state index contributed by atoms with van der Waals surface area (Å²) in [6.07, 6.45) is 2.14. The van der Waals surface area contributed by atoms with E-state index in [0.29, 0.717) is 6.42 Å². The molecule has 1 heterocycles. The lowest BCUT2D eigenvalue weighted by atomic mass is 10.2. The molecule has 0 aromatic rings. The molecular formula is C10H18N2O3S. The van der Waals surface area contributed by atoms with Crippen LogP contribution in [0, 0.1) is 0 Å². The maximum absolute atomic E-state index is 11.6. The van der Waals surface area contributed by atoms with E-state index in [1.165, 1.54) is 4.90 Å². The first kappa shape index (κ1) is 13.0. The molecule has 0 aromatic carbocycles. The highest BCUT2D eigenvalue weighted by Crippen LogP contribution is 2.16. The van der Waals surface area contributed by atoms with Crippen LogP contribution in [0.25, 0.3) is 0 Å². The molecule has 0 spiro atoms. The summed E-state index contributed by atoms with van der Waals surface area (Å²) in [6, 6.07) is -0.459. The van der Waals surface area contributed by atoms with Gasteiger partial charge in [0.1, 0.15) is 0 Å². The molecule has 92 valence electrons. The highest BCUT2D eigenvalue weighted by molar-refractivity contribution is 7.91. The monoisotopic (exact) mass is 246 g/mol. The summed E-state index contributed by atoms with van der Waals surface area (Å²) < 4.78 is 22.5. The van der Waals surface area contributed by atoms with Crippen LogP contribution in [-0.2, 0) is 9.84 Å². The third-order valence-corrected chi connectivity index (χ3v) is 4.31. The Bertz CT molecular complexity index is 396. The van der Waals surface area contributed by atoms with Crippen LogP contribution in [0.4, 0.5) is 4.79 Å². The zero-order chi connectivity index (χ0) is 12.3. The number of nitrogens with one attached hydrogen (secondary N) is 1. The van der Waals surface area contributed by atoms with E-state index in [9.17, 15) is 13.2 Å². The van der Waals surface area contributed by atoms with Crippen molar-refractivity contribution in [2.75, 3.05) is 18.6 Å². The first-order valence-electron chi connectivity index (χ1n) is 5.19. The molecule has 1 unspecified atom stereocenters. The van der Waals surface area contributed by atoms with Crippen molar-refractivity contribution in [2.45, 2.75) is 26.3 Å². The van der Waals surface area contributed by atoms with E-state index in [2.05, 4.69) is 5.32 Å². The van der Waals surface area contributed by atoms with Gasteiger partial charge in [-0.15, -0.1) is 0 Å². The van der Waals surface area contributed by atoms with Crippen LogP contribution >= 0.6 is 0 Å². The molecule has 1 N–H and O–H groups in total. The van der Waals surface area contributed by atoms with Crippen molar-refractivity contribution in [3.8, 4) is 0 Å². The quantitative estimate of drug-likeness (QED) is 0.781. The summed E-state index contributed by atoms with van der Waals surface area (Å²) in [7, 11) is -1.32. The first-order chi connectivity index (χ1) is 7.32. The van der Waals surface area contributed by atoms with E-state index in [-0.39, 0.29) is 23.6 Å². The maximum Gasteiger partial charge on any atom is 0.321 e. The zero-order valence-corrected chi connectivity index (χ0v) is 10.7. The molecule has 0 aromatic heterocycles. The van der Waals surface area contributed by atoms with Crippen molar-refractivity contribution in [3.05, 3.63) is 11.8 Å². The van der Waals surface area contributed by atoms with Gasteiger partial charge in [0.05, 0.1) is 11.5 Å². The summed E-state index contributed by atoms with van der Waals surface area (Å²) in [5, 5.41) is 2.62. The van der Waals surface area contributed by atoms with Gasteiger partial charge in [0.25, 0.3) is 0 Å². The third-order valence-electron chi connectivity index (χ3n) is 2.56. The van der Waals surface area contributed by atoms with Crippen LogP contribution in [0.2, 0.25) is 0 Å². The minimum atomic E-state index is -2.94. The fraction of sp³-hybridized carbons (Fsp3) is 0.700. The second-order valence-electron chi connectivity index (χ2n) is 4.34. The van der Waals surface area contributed by atoms with Crippen molar-refractivity contribution >= 4 is 15.9 Å². The average Bonchev–Trinajstić information content (AvgIpc) is 2.54. The third kappa shape index (κ3) is 3.52. The molecule has 2 amide bonds. The van der Waals surface area contributed by atoms with Gasteiger partial charge < -0.3 is 10.2 Å². The van der Waals surface area contributed by atoms with Crippen LogP contribution in [0.3, 0.4) is 0 Å². The number of nitrogens with zero attached hydrogens (tertiary/aromatic N) is 1. The lowest BCUT2D eigenvalue weighted by Gasteiger charge is -2.22. The van der Waals surface area contributed by atoms with Crippen molar-refractivity contribution in [2.24, 2.45) is 0 Å². The predicted octanol–water partition coefficient (Wildman–Crippen LogP) is 0.739. The highest BCUT2D eigenvalue weighted by Gasteiger charge is 2.32. The van der Waals surface area contributed by atoms with E-state index in [1.54, 1.807) is 13.2 Å². The Morgan fingerprint density at radius 1 is 1.44 bits per heavy atom. The van der Waals surface area contributed by atoms with E-state index in [4.69, 9.17) is 0 Å². The van der Waals surface area contributed by atoms with Crippen LogP contribution in [-0.4, -0.2) is 43.9 Å². The molecule has 0 radical (unpaired) electrons. The molecule has 1 aliphatic heterocycles. The van der Waals surface area contributed by atoms with Crippen molar-refractivity contribution in [3.63, 3.8) is 0 Å². The normalized spacial score (nSPS) is 22.6. The Labute approximate surface area is 96.4 Å². The molecule has 5 nitrogen and oxygen atoms in total. The van der Waals surface area contributed by atoms with E-state index in [0.717, 1.165) is 5.57 Å². The number of urea groups is 1. The van der Waals surface area contributed by atoms with Gasteiger partial charge in [0.2, 0.25) is 0 Å². The number of hydrogen-bond acceptors (Lipinski definition) is 3. The summed E-state index contributed by atoms with van der Waals surface area (Å²) in [5.74, 6) is 0.254. The second kappa shape index (κ2) is 4.86. The summed E-state index contributed by atoms with van der Waals surface area (Å²) >= 11 is 0. The van der Waals surface area contributed by atoms with Crippen LogP contribution in [0.5, 0.6) is 0 Å². The largest absolute Gasteiger partial charge is 0.324 e. The standard InChI is InChI=1S/C10H18N2O3S/c1-8(2)6-11-10(13)12(3)9-4-5-16(14,15)7-9/h6,9H,4-5,7H2,1-3H3,(H,11,13). The van der Waals surface area contributed by atoms with Crippen molar-refractivity contribution in [1.82, 2.24) is 10.2 Å². The summed E-state index contributed by atoms with van der Waals surface area (Å²) in [6.45, 7) is 3.75. The fourth-order valence-electron chi connectivity index (χ4n) is 1.55. The molecule has 1 saturated heterocycles. The van der Waals surface area contributed by atoms with Gasteiger partial charge in [-0.05, 0) is 20.3 Å².